The lowest BCUT2D eigenvalue weighted by atomic mass is 10.1. The zero-order chi connectivity index (χ0) is 23.7. The maximum atomic E-state index is 13.2. The molecule has 0 aliphatic rings. The fourth-order valence-corrected chi connectivity index (χ4v) is 3.70. The minimum atomic E-state index is -0.735. The number of nitrogens with one attached hydrogen (secondary N) is 1. The molecule has 0 radical (unpaired) electrons. The molecule has 0 fully saturated rings. The third kappa shape index (κ3) is 3.91. The van der Waals surface area contributed by atoms with Gasteiger partial charge in [0.1, 0.15) is 5.58 Å². The molecule has 7 nitrogen and oxygen atoms in total. The number of amides is 1. The Morgan fingerprint density at radius 3 is 2.47 bits per heavy atom. The Morgan fingerprint density at radius 1 is 0.912 bits per heavy atom. The molecule has 5 aromatic rings. The van der Waals surface area contributed by atoms with Gasteiger partial charge < -0.3 is 9.73 Å². The van der Waals surface area contributed by atoms with Crippen molar-refractivity contribution in [3.8, 4) is 5.69 Å². The smallest absolute Gasteiger partial charge is 0.280 e. The zero-order valence-corrected chi connectivity index (χ0v) is 18.2. The molecule has 166 valence electrons. The van der Waals surface area contributed by atoms with Crippen LogP contribution in [-0.4, -0.2) is 21.5 Å². The average molecular weight is 449 g/mol. The van der Waals surface area contributed by atoms with Gasteiger partial charge in [0.05, 0.1) is 11.4 Å². The first-order valence-corrected chi connectivity index (χ1v) is 10.6. The monoisotopic (exact) mass is 449 g/mol. The topological polar surface area (TPSA) is 94.2 Å². The van der Waals surface area contributed by atoms with Crippen LogP contribution in [0.2, 0.25) is 0 Å². The van der Waals surface area contributed by atoms with Crippen LogP contribution in [0.3, 0.4) is 0 Å². The summed E-state index contributed by atoms with van der Waals surface area (Å²) >= 11 is 0. The van der Waals surface area contributed by atoms with Gasteiger partial charge in [-0.05, 0) is 36.8 Å². The third-order valence-electron chi connectivity index (χ3n) is 5.37. The second-order valence-corrected chi connectivity index (χ2v) is 7.76. The fraction of sp³-hybridized carbons (Fsp3) is 0.0370. The lowest BCUT2D eigenvalue weighted by Gasteiger charge is -2.09. The Labute approximate surface area is 194 Å². The fourth-order valence-electron chi connectivity index (χ4n) is 3.70. The Kier molecular flexibility index (Phi) is 5.35. The van der Waals surface area contributed by atoms with Crippen LogP contribution in [-0.2, 0) is 0 Å². The van der Waals surface area contributed by atoms with Gasteiger partial charge in [0.25, 0.3) is 5.91 Å². The number of anilines is 1. The molecule has 0 aliphatic carbocycles. The number of carbonyl (C=O) groups is 2. The summed E-state index contributed by atoms with van der Waals surface area (Å²) in [7, 11) is 0. The summed E-state index contributed by atoms with van der Waals surface area (Å²) in [4.78, 5) is 38.9. The Hall–Kier alpha value is -4.78. The standard InChI is InChI=1S/C27H19N3O4/c1-17-8-7-11-19(16-17)30-15-14-21(31)24(29-30)27(33)28-23-20-12-5-6-13-22(20)34-26(23)25(32)18-9-3-2-4-10-18/h2-16H,1H3,(H,28,33). The number of fused-ring (bicyclic) bond motifs is 1. The molecule has 0 unspecified atom stereocenters. The summed E-state index contributed by atoms with van der Waals surface area (Å²) in [5, 5.41) is 7.50. The Bertz CT molecular complexity index is 1600. The maximum absolute atomic E-state index is 13.2. The van der Waals surface area contributed by atoms with E-state index < -0.39 is 11.3 Å². The highest BCUT2D eigenvalue weighted by Crippen LogP contribution is 2.32. The van der Waals surface area contributed by atoms with Gasteiger partial charge in [0, 0.05) is 23.2 Å². The number of hydrogen-bond acceptors (Lipinski definition) is 5. The molecule has 5 rings (SSSR count). The predicted octanol–water partition coefficient (Wildman–Crippen LogP) is 4.77. The Balaban J connectivity index is 1.56. The van der Waals surface area contributed by atoms with Gasteiger partial charge in [0.2, 0.25) is 11.2 Å². The number of ketones is 1. The normalized spacial score (nSPS) is 10.9. The lowest BCUT2D eigenvalue weighted by Crippen LogP contribution is -2.26. The van der Waals surface area contributed by atoms with Crippen molar-refractivity contribution in [2.45, 2.75) is 6.92 Å². The minimum Gasteiger partial charge on any atom is -0.450 e. The van der Waals surface area contributed by atoms with E-state index in [1.54, 1.807) is 54.6 Å². The summed E-state index contributed by atoms with van der Waals surface area (Å²) in [5.74, 6) is -1.14. The van der Waals surface area contributed by atoms with Gasteiger partial charge >= 0.3 is 0 Å². The zero-order valence-electron chi connectivity index (χ0n) is 18.2. The second-order valence-electron chi connectivity index (χ2n) is 7.76. The molecule has 0 spiro atoms. The maximum Gasteiger partial charge on any atom is 0.280 e. The molecule has 1 amide bonds. The molecule has 0 atom stereocenters. The summed E-state index contributed by atoms with van der Waals surface area (Å²) in [5.41, 5.74) is 1.94. The molecule has 3 aromatic carbocycles. The van der Waals surface area contributed by atoms with E-state index in [-0.39, 0.29) is 22.9 Å². The number of aryl methyl sites for hydroxylation is 1. The van der Waals surface area contributed by atoms with E-state index in [1.807, 2.05) is 31.2 Å². The van der Waals surface area contributed by atoms with Crippen LogP contribution >= 0.6 is 0 Å². The van der Waals surface area contributed by atoms with Crippen molar-refractivity contribution in [3.05, 3.63) is 124 Å². The van der Waals surface area contributed by atoms with Crippen molar-refractivity contribution in [2.75, 3.05) is 5.32 Å². The molecule has 34 heavy (non-hydrogen) atoms. The van der Waals surface area contributed by atoms with Crippen LogP contribution in [0.25, 0.3) is 16.7 Å². The summed E-state index contributed by atoms with van der Waals surface area (Å²) in [6.45, 7) is 1.94. The first-order chi connectivity index (χ1) is 16.5. The van der Waals surface area contributed by atoms with Crippen LogP contribution in [0.5, 0.6) is 0 Å². The summed E-state index contributed by atoms with van der Waals surface area (Å²) in [6.07, 6.45) is 1.51. The number of rotatable bonds is 5. The summed E-state index contributed by atoms with van der Waals surface area (Å²) in [6, 6.07) is 24.4. The van der Waals surface area contributed by atoms with E-state index in [9.17, 15) is 14.4 Å². The lowest BCUT2D eigenvalue weighted by molar-refractivity contribution is 0.101. The minimum absolute atomic E-state index is 0.0179. The van der Waals surface area contributed by atoms with Crippen molar-refractivity contribution < 1.29 is 14.0 Å². The van der Waals surface area contributed by atoms with Crippen molar-refractivity contribution in [2.24, 2.45) is 0 Å². The average Bonchev–Trinajstić information content (AvgIpc) is 3.22. The number of hydrogen-bond donors (Lipinski definition) is 1. The van der Waals surface area contributed by atoms with E-state index in [4.69, 9.17) is 4.42 Å². The highest BCUT2D eigenvalue weighted by atomic mass is 16.3. The highest BCUT2D eigenvalue weighted by Gasteiger charge is 2.25. The highest BCUT2D eigenvalue weighted by molar-refractivity contribution is 6.18. The van der Waals surface area contributed by atoms with E-state index in [0.29, 0.717) is 22.2 Å². The molecule has 0 bridgehead atoms. The van der Waals surface area contributed by atoms with E-state index in [0.717, 1.165) is 5.56 Å². The number of aromatic nitrogens is 2. The van der Waals surface area contributed by atoms with Crippen molar-refractivity contribution in [1.82, 2.24) is 9.78 Å². The van der Waals surface area contributed by atoms with Gasteiger partial charge in [0.15, 0.2) is 11.5 Å². The molecule has 0 aliphatic heterocycles. The number of benzene rings is 3. The van der Waals surface area contributed by atoms with Gasteiger partial charge in [-0.15, -0.1) is 0 Å². The van der Waals surface area contributed by atoms with E-state index >= 15 is 0 Å². The van der Waals surface area contributed by atoms with Crippen LogP contribution < -0.4 is 10.7 Å². The molecule has 1 N–H and O–H groups in total. The number of carbonyl (C=O) groups excluding carboxylic acids is 2. The molecule has 2 aromatic heterocycles. The first kappa shape index (κ1) is 21.1. The molecule has 0 saturated carbocycles. The first-order valence-electron chi connectivity index (χ1n) is 10.6. The van der Waals surface area contributed by atoms with Gasteiger partial charge in [-0.2, -0.15) is 5.10 Å². The number of nitrogens with zero attached hydrogens (tertiary/aromatic N) is 2. The quantitative estimate of drug-likeness (QED) is 0.390. The summed E-state index contributed by atoms with van der Waals surface area (Å²) < 4.78 is 7.29. The SMILES string of the molecule is Cc1cccc(-n2ccc(=O)c(C(=O)Nc3c(C(=O)c4ccccc4)oc4ccccc34)n2)c1. The number of furan rings is 1. The van der Waals surface area contributed by atoms with Gasteiger partial charge in [-0.1, -0.05) is 54.6 Å². The van der Waals surface area contributed by atoms with Crippen LogP contribution in [0.1, 0.15) is 32.2 Å². The van der Waals surface area contributed by atoms with Gasteiger partial charge in [-0.25, -0.2) is 4.68 Å². The molecular weight excluding hydrogens is 430 g/mol. The molecular formula is C27H19N3O4. The Morgan fingerprint density at radius 2 is 1.68 bits per heavy atom. The van der Waals surface area contributed by atoms with Crippen LogP contribution in [0.15, 0.2) is 100 Å². The molecule has 2 heterocycles. The van der Waals surface area contributed by atoms with Crippen molar-refractivity contribution in [1.29, 1.82) is 0 Å². The van der Waals surface area contributed by atoms with Crippen LogP contribution in [0, 0.1) is 6.92 Å². The van der Waals surface area contributed by atoms with Crippen molar-refractivity contribution in [3.63, 3.8) is 0 Å². The molecule has 0 saturated heterocycles. The largest absolute Gasteiger partial charge is 0.450 e. The van der Waals surface area contributed by atoms with E-state index in [2.05, 4.69) is 10.4 Å². The van der Waals surface area contributed by atoms with Crippen LogP contribution in [0.4, 0.5) is 5.69 Å². The molecule has 7 heteroatoms. The van der Waals surface area contributed by atoms with E-state index in [1.165, 1.54) is 16.9 Å². The van der Waals surface area contributed by atoms with Crippen molar-refractivity contribution >= 4 is 28.3 Å². The number of para-hydroxylation sites is 1. The second kappa shape index (κ2) is 8.63. The predicted molar refractivity (Wildman–Crippen MR) is 129 cm³/mol. The third-order valence-corrected chi connectivity index (χ3v) is 5.37. The van der Waals surface area contributed by atoms with Gasteiger partial charge in [-0.3, -0.25) is 14.4 Å².